The van der Waals surface area contributed by atoms with E-state index in [9.17, 15) is 4.79 Å². The van der Waals surface area contributed by atoms with Gasteiger partial charge in [0.15, 0.2) is 5.65 Å². The van der Waals surface area contributed by atoms with Crippen molar-refractivity contribution in [3.8, 4) is 0 Å². The molecular formula is C21H26N4O2S. The molecule has 0 bridgehead atoms. The molecule has 3 aromatic rings. The quantitative estimate of drug-likeness (QED) is 0.532. The SMILES string of the molecule is COCCn1c(CCC(=O)NCCc2ccc(SC)cc2)nc2cccnc21. The second kappa shape index (κ2) is 10.2. The van der Waals surface area contributed by atoms with Gasteiger partial charge in [0.25, 0.3) is 0 Å². The number of ether oxygens (including phenoxy) is 1. The summed E-state index contributed by atoms with van der Waals surface area (Å²) in [6, 6.07) is 12.3. The Hall–Kier alpha value is -2.38. The van der Waals surface area contributed by atoms with Crippen LogP contribution in [0.15, 0.2) is 47.5 Å². The van der Waals surface area contributed by atoms with Gasteiger partial charge >= 0.3 is 0 Å². The maximum atomic E-state index is 12.3. The fourth-order valence-electron chi connectivity index (χ4n) is 3.07. The molecule has 1 N–H and O–H groups in total. The molecular weight excluding hydrogens is 372 g/mol. The number of aryl methyl sites for hydroxylation is 1. The zero-order chi connectivity index (χ0) is 19.8. The largest absolute Gasteiger partial charge is 0.383 e. The van der Waals surface area contributed by atoms with Gasteiger partial charge in [-0.3, -0.25) is 4.79 Å². The monoisotopic (exact) mass is 398 g/mol. The Labute approximate surface area is 169 Å². The third-order valence-electron chi connectivity index (χ3n) is 4.57. The van der Waals surface area contributed by atoms with Gasteiger partial charge in [0.1, 0.15) is 11.3 Å². The Balaban J connectivity index is 1.52. The van der Waals surface area contributed by atoms with Gasteiger partial charge in [-0.05, 0) is 42.5 Å². The third kappa shape index (κ3) is 5.33. The van der Waals surface area contributed by atoms with E-state index in [-0.39, 0.29) is 5.91 Å². The van der Waals surface area contributed by atoms with Crippen LogP contribution in [0.5, 0.6) is 0 Å². The normalized spacial score (nSPS) is 11.1. The molecule has 2 aromatic heterocycles. The van der Waals surface area contributed by atoms with E-state index in [2.05, 4.69) is 45.8 Å². The fourth-order valence-corrected chi connectivity index (χ4v) is 3.47. The average Bonchev–Trinajstić information content (AvgIpc) is 3.08. The Bertz CT molecular complexity index is 908. The highest BCUT2D eigenvalue weighted by Crippen LogP contribution is 2.16. The molecule has 1 aromatic carbocycles. The van der Waals surface area contributed by atoms with Crippen LogP contribution >= 0.6 is 11.8 Å². The number of hydrogen-bond acceptors (Lipinski definition) is 5. The Kier molecular flexibility index (Phi) is 7.45. The molecule has 0 aliphatic rings. The van der Waals surface area contributed by atoms with E-state index in [1.807, 2.05) is 16.7 Å². The van der Waals surface area contributed by atoms with E-state index in [0.717, 1.165) is 23.4 Å². The lowest BCUT2D eigenvalue weighted by Gasteiger charge is -2.09. The Morgan fingerprint density at radius 1 is 1.21 bits per heavy atom. The number of amides is 1. The lowest BCUT2D eigenvalue weighted by Crippen LogP contribution is -2.26. The summed E-state index contributed by atoms with van der Waals surface area (Å²) in [4.78, 5) is 22.6. The minimum Gasteiger partial charge on any atom is -0.383 e. The summed E-state index contributed by atoms with van der Waals surface area (Å²) in [7, 11) is 1.67. The molecule has 148 valence electrons. The number of rotatable bonds is 10. The molecule has 0 aliphatic carbocycles. The molecule has 0 aliphatic heterocycles. The van der Waals surface area contributed by atoms with Crippen molar-refractivity contribution < 1.29 is 9.53 Å². The lowest BCUT2D eigenvalue weighted by atomic mass is 10.1. The third-order valence-corrected chi connectivity index (χ3v) is 5.32. The van der Waals surface area contributed by atoms with Crippen LogP contribution in [0.25, 0.3) is 11.2 Å². The minimum absolute atomic E-state index is 0.0408. The molecule has 1 amide bonds. The number of fused-ring (bicyclic) bond motifs is 1. The van der Waals surface area contributed by atoms with E-state index in [4.69, 9.17) is 4.74 Å². The van der Waals surface area contributed by atoms with Crippen molar-refractivity contribution in [1.82, 2.24) is 19.9 Å². The number of hydrogen-bond donors (Lipinski definition) is 1. The van der Waals surface area contributed by atoms with Crippen molar-refractivity contribution in [2.24, 2.45) is 0 Å². The molecule has 6 nitrogen and oxygen atoms in total. The number of imidazole rings is 1. The number of benzene rings is 1. The van der Waals surface area contributed by atoms with Crippen LogP contribution in [0, 0.1) is 0 Å². The molecule has 0 radical (unpaired) electrons. The second-order valence-corrected chi connectivity index (χ2v) is 7.35. The number of carbonyl (C=O) groups is 1. The predicted octanol–water partition coefficient (Wildman–Crippen LogP) is 3.09. The zero-order valence-corrected chi connectivity index (χ0v) is 17.2. The first-order valence-corrected chi connectivity index (χ1v) is 10.6. The smallest absolute Gasteiger partial charge is 0.220 e. The van der Waals surface area contributed by atoms with Gasteiger partial charge in [-0.1, -0.05) is 12.1 Å². The van der Waals surface area contributed by atoms with Gasteiger partial charge < -0.3 is 14.6 Å². The van der Waals surface area contributed by atoms with Gasteiger partial charge in [-0.2, -0.15) is 0 Å². The van der Waals surface area contributed by atoms with Crippen molar-refractivity contribution >= 4 is 28.8 Å². The van der Waals surface area contributed by atoms with Crippen LogP contribution in [-0.4, -0.2) is 47.0 Å². The number of aromatic nitrogens is 3. The molecule has 0 unspecified atom stereocenters. The van der Waals surface area contributed by atoms with E-state index < -0.39 is 0 Å². The van der Waals surface area contributed by atoms with Crippen LogP contribution in [0.3, 0.4) is 0 Å². The maximum absolute atomic E-state index is 12.3. The van der Waals surface area contributed by atoms with Crippen molar-refractivity contribution in [1.29, 1.82) is 0 Å². The Morgan fingerprint density at radius 2 is 2.04 bits per heavy atom. The number of nitrogens with zero attached hydrogens (tertiary/aromatic N) is 3. The number of pyridine rings is 1. The first-order valence-electron chi connectivity index (χ1n) is 9.40. The van der Waals surface area contributed by atoms with Crippen molar-refractivity contribution in [2.45, 2.75) is 30.7 Å². The summed E-state index contributed by atoms with van der Waals surface area (Å²) < 4.78 is 7.24. The summed E-state index contributed by atoms with van der Waals surface area (Å²) in [5, 5.41) is 3.00. The van der Waals surface area contributed by atoms with Crippen LogP contribution in [0.1, 0.15) is 17.8 Å². The summed E-state index contributed by atoms with van der Waals surface area (Å²) in [6.45, 7) is 1.89. The minimum atomic E-state index is 0.0408. The van der Waals surface area contributed by atoms with Crippen LogP contribution < -0.4 is 5.32 Å². The molecule has 0 saturated heterocycles. The molecule has 7 heteroatoms. The number of methoxy groups -OCH3 is 1. The van der Waals surface area contributed by atoms with E-state index in [1.54, 1.807) is 25.1 Å². The molecule has 0 saturated carbocycles. The highest BCUT2D eigenvalue weighted by atomic mass is 32.2. The molecule has 0 spiro atoms. The van der Waals surface area contributed by atoms with Crippen molar-refractivity contribution in [2.75, 3.05) is 26.5 Å². The van der Waals surface area contributed by atoms with E-state index in [0.29, 0.717) is 32.5 Å². The van der Waals surface area contributed by atoms with Gasteiger partial charge in [-0.15, -0.1) is 11.8 Å². The van der Waals surface area contributed by atoms with Crippen molar-refractivity contribution in [3.05, 3.63) is 54.0 Å². The summed E-state index contributed by atoms with van der Waals surface area (Å²) in [5.74, 6) is 0.910. The van der Waals surface area contributed by atoms with Crippen molar-refractivity contribution in [3.63, 3.8) is 0 Å². The Morgan fingerprint density at radius 3 is 2.79 bits per heavy atom. The first kappa shape index (κ1) is 20.4. The number of nitrogens with one attached hydrogen (secondary N) is 1. The first-order chi connectivity index (χ1) is 13.7. The van der Waals surface area contributed by atoms with Crippen LogP contribution in [0.2, 0.25) is 0 Å². The van der Waals surface area contributed by atoms with Gasteiger partial charge in [-0.25, -0.2) is 9.97 Å². The molecule has 0 atom stereocenters. The number of carbonyl (C=O) groups excluding carboxylic acids is 1. The van der Waals surface area contributed by atoms with E-state index >= 15 is 0 Å². The predicted molar refractivity (Wildman–Crippen MR) is 113 cm³/mol. The summed E-state index contributed by atoms with van der Waals surface area (Å²) in [6.07, 6.45) is 5.64. The van der Waals surface area contributed by atoms with Gasteiger partial charge in [0, 0.05) is 44.1 Å². The van der Waals surface area contributed by atoms with Gasteiger partial charge in [0.05, 0.1) is 6.61 Å². The summed E-state index contributed by atoms with van der Waals surface area (Å²) >= 11 is 1.73. The number of thioether (sulfide) groups is 1. The zero-order valence-electron chi connectivity index (χ0n) is 16.4. The second-order valence-electron chi connectivity index (χ2n) is 6.47. The average molecular weight is 399 g/mol. The maximum Gasteiger partial charge on any atom is 0.220 e. The van der Waals surface area contributed by atoms with Crippen LogP contribution in [0.4, 0.5) is 0 Å². The molecule has 28 heavy (non-hydrogen) atoms. The molecule has 2 heterocycles. The summed E-state index contributed by atoms with van der Waals surface area (Å²) in [5.41, 5.74) is 2.91. The fraction of sp³-hybridized carbons (Fsp3) is 0.381. The lowest BCUT2D eigenvalue weighted by molar-refractivity contribution is -0.121. The topological polar surface area (TPSA) is 69.0 Å². The molecule has 0 fully saturated rings. The highest BCUT2D eigenvalue weighted by Gasteiger charge is 2.13. The van der Waals surface area contributed by atoms with E-state index in [1.165, 1.54) is 10.5 Å². The standard InChI is InChI=1S/C21H26N4O2S/c1-27-15-14-25-19(24-18-4-3-12-23-21(18)25)9-10-20(26)22-13-11-16-5-7-17(28-2)8-6-16/h3-8,12H,9-11,13-15H2,1-2H3,(H,22,26). The van der Waals surface area contributed by atoms with Crippen LogP contribution in [-0.2, 0) is 28.9 Å². The highest BCUT2D eigenvalue weighted by molar-refractivity contribution is 7.98. The molecule has 3 rings (SSSR count). The van der Waals surface area contributed by atoms with Gasteiger partial charge in [0.2, 0.25) is 5.91 Å².